The Balaban J connectivity index is 0.00000264. The molecule has 23 heavy (non-hydrogen) atoms. The molecule has 0 amide bonds. The van der Waals surface area contributed by atoms with E-state index in [0.29, 0.717) is 11.5 Å². The van der Waals surface area contributed by atoms with Crippen LogP contribution in [0.1, 0.15) is 34.6 Å². The van der Waals surface area contributed by atoms with Gasteiger partial charge in [0.1, 0.15) is 0 Å². The van der Waals surface area contributed by atoms with E-state index in [1.165, 1.54) is 0 Å². The Morgan fingerprint density at radius 2 is 1.83 bits per heavy atom. The minimum atomic E-state index is 0. The molecule has 0 aliphatic carbocycles. The smallest absolute Gasteiger partial charge is 0.194 e. The standard InChI is InChI=1S/C17H35N5.HI/c1-8-18-15(22-13-16(2,3)17(22,4)5)19-11-14-12-20(6)9-10-21(14)7;/h14H,8-13H2,1-7H3,(H,18,19);1H. The Labute approximate surface area is 159 Å². The first-order valence-corrected chi connectivity index (χ1v) is 8.64. The van der Waals surface area contributed by atoms with E-state index < -0.39 is 0 Å². The topological polar surface area (TPSA) is 34.1 Å². The van der Waals surface area contributed by atoms with Gasteiger partial charge in [0.2, 0.25) is 0 Å². The third-order valence-corrected chi connectivity index (χ3v) is 5.91. The van der Waals surface area contributed by atoms with Gasteiger partial charge >= 0.3 is 0 Å². The van der Waals surface area contributed by atoms with Gasteiger partial charge in [-0.05, 0) is 34.9 Å². The predicted molar refractivity (Wildman–Crippen MR) is 110 cm³/mol. The fourth-order valence-corrected chi connectivity index (χ4v) is 3.29. The largest absolute Gasteiger partial charge is 0.356 e. The lowest BCUT2D eigenvalue weighted by atomic mass is 9.65. The molecule has 6 heteroatoms. The molecule has 0 aromatic carbocycles. The molecule has 1 atom stereocenters. The summed E-state index contributed by atoms with van der Waals surface area (Å²) in [5.41, 5.74) is 0.494. The number of aliphatic imine (C=N–C) groups is 1. The molecule has 0 saturated carbocycles. The van der Waals surface area contributed by atoms with Gasteiger partial charge in [-0.15, -0.1) is 24.0 Å². The van der Waals surface area contributed by atoms with Crippen molar-refractivity contribution in [3.63, 3.8) is 0 Å². The SMILES string of the molecule is CCNC(=NCC1CN(C)CCN1C)N1CC(C)(C)C1(C)C.I. The van der Waals surface area contributed by atoms with Gasteiger partial charge in [0.05, 0.1) is 6.54 Å². The van der Waals surface area contributed by atoms with E-state index in [1.54, 1.807) is 0 Å². The van der Waals surface area contributed by atoms with Crippen LogP contribution in [0.15, 0.2) is 4.99 Å². The molecule has 1 unspecified atom stereocenters. The average molecular weight is 437 g/mol. The molecule has 0 radical (unpaired) electrons. The van der Waals surface area contributed by atoms with Crippen molar-refractivity contribution in [2.24, 2.45) is 10.4 Å². The van der Waals surface area contributed by atoms with Crippen molar-refractivity contribution in [3.8, 4) is 0 Å². The monoisotopic (exact) mass is 437 g/mol. The fourth-order valence-electron chi connectivity index (χ4n) is 3.29. The maximum atomic E-state index is 4.97. The second kappa shape index (κ2) is 7.87. The number of nitrogens with one attached hydrogen (secondary N) is 1. The molecule has 0 aromatic rings. The Morgan fingerprint density at radius 3 is 2.35 bits per heavy atom. The molecule has 0 spiro atoms. The summed E-state index contributed by atoms with van der Waals surface area (Å²) in [4.78, 5) is 12.3. The van der Waals surface area contributed by atoms with E-state index in [4.69, 9.17) is 4.99 Å². The summed E-state index contributed by atoms with van der Waals surface area (Å²) in [6.07, 6.45) is 0. The van der Waals surface area contributed by atoms with Gasteiger partial charge in [0.25, 0.3) is 0 Å². The van der Waals surface area contributed by atoms with Crippen LogP contribution in [-0.4, -0.2) is 85.6 Å². The number of piperazine rings is 1. The van der Waals surface area contributed by atoms with Crippen molar-refractivity contribution in [2.75, 3.05) is 53.4 Å². The van der Waals surface area contributed by atoms with E-state index in [1.807, 2.05) is 0 Å². The molecular formula is C17H36IN5. The molecule has 136 valence electrons. The number of likely N-dealkylation sites (N-methyl/N-ethyl adjacent to an activating group) is 2. The summed E-state index contributed by atoms with van der Waals surface area (Å²) in [5.74, 6) is 1.08. The molecule has 2 aliphatic heterocycles. The minimum absolute atomic E-state index is 0. The summed E-state index contributed by atoms with van der Waals surface area (Å²) >= 11 is 0. The summed E-state index contributed by atoms with van der Waals surface area (Å²) in [5, 5.41) is 3.49. The van der Waals surface area contributed by atoms with Crippen LogP contribution in [0.25, 0.3) is 0 Å². The van der Waals surface area contributed by atoms with Gasteiger partial charge in [-0.3, -0.25) is 9.89 Å². The maximum Gasteiger partial charge on any atom is 0.194 e. The predicted octanol–water partition coefficient (Wildman–Crippen LogP) is 1.94. The van der Waals surface area contributed by atoms with E-state index in [-0.39, 0.29) is 29.5 Å². The highest BCUT2D eigenvalue weighted by molar-refractivity contribution is 14.0. The molecule has 2 fully saturated rings. The van der Waals surface area contributed by atoms with Crippen molar-refractivity contribution in [1.82, 2.24) is 20.0 Å². The number of rotatable bonds is 3. The van der Waals surface area contributed by atoms with Gasteiger partial charge in [0.15, 0.2) is 5.96 Å². The first kappa shape index (κ1) is 21.0. The highest BCUT2D eigenvalue weighted by atomic mass is 127. The quantitative estimate of drug-likeness (QED) is 0.416. The fraction of sp³-hybridized carbons (Fsp3) is 0.941. The zero-order valence-corrected chi connectivity index (χ0v) is 18.3. The van der Waals surface area contributed by atoms with E-state index in [2.05, 4.69) is 68.7 Å². The normalized spacial score (nSPS) is 28.0. The van der Waals surface area contributed by atoms with Crippen LogP contribution in [0.3, 0.4) is 0 Å². The van der Waals surface area contributed by atoms with Gasteiger partial charge < -0.3 is 15.1 Å². The van der Waals surface area contributed by atoms with Crippen LogP contribution >= 0.6 is 24.0 Å². The van der Waals surface area contributed by atoms with Crippen LogP contribution in [0.2, 0.25) is 0 Å². The number of likely N-dealkylation sites (tertiary alicyclic amines) is 1. The van der Waals surface area contributed by atoms with Crippen molar-refractivity contribution in [3.05, 3.63) is 0 Å². The van der Waals surface area contributed by atoms with Crippen LogP contribution in [0.5, 0.6) is 0 Å². The molecule has 0 bridgehead atoms. The lowest BCUT2D eigenvalue weighted by molar-refractivity contribution is -0.0668. The van der Waals surface area contributed by atoms with Crippen LogP contribution in [0, 0.1) is 5.41 Å². The number of guanidine groups is 1. The zero-order chi connectivity index (χ0) is 16.5. The molecule has 2 saturated heterocycles. The van der Waals surface area contributed by atoms with E-state index in [9.17, 15) is 0 Å². The second-order valence-electron chi connectivity index (χ2n) is 8.12. The van der Waals surface area contributed by atoms with Crippen LogP contribution in [0.4, 0.5) is 0 Å². The third kappa shape index (κ3) is 4.31. The summed E-state index contributed by atoms with van der Waals surface area (Å²) in [6.45, 7) is 17.7. The zero-order valence-electron chi connectivity index (χ0n) is 16.0. The third-order valence-electron chi connectivity index (χ3n) is 5.91. The van der Waals surface area contributed by atoms with Gasteiger partial charge in [-0.1, -0.05) is 13.8 Å². The summed E-state index contributed by atoms with van der Waals surface area (Å²) < 4.78 is 0. The number of hydrogen-bond acceptors (Lipinski definition) is 3. The van der Waals surface area contributed by atoms with E-state index >= 15 is 0 Å². The van der Waals surface area contributed by atoms with Crippen molar-refractivity contribution in [2.45, 2.75) is 46.2 Å². The first-order chi connectivity index (χ1) is 10.2. The van der Waals surface area contributed by atoms with Crippen molar-refractivity contribution < 1.29 is 0 Å². The van der Waals surface area contributed by atoms with Crippen molar-refractivity contribution >= 4 is 29.9 Å². The molecule has 5 nitrogen and oxygen atoms in total. The minimum Gasteiger partial charge on any atom is -0.356 e. The number of hydrogen-bond donors (Lipinski definition) is 1. The highest BCUT2D eigenvalue weighted by Gasteiger charge is 2.53. The van der Waals surface area contributed by atoms with Gasteiger partial charge in [0, 0.05) is 49.7 Å². The van der Waals surface area contributed by atoms with Gasteiger partial charge in [-0.25, -0.2) is 0 Å². The molecule has 0 aromatic heterocycles. The molecule has 2 aliphatic rings. The molecule has 1 N–H and O–H groups in total. The Hall–Kier alpha value is -0.0800. The van der Waals surface area contributed by atoms with E-state index in [0.717, 1.165) is 45.2 Å². The lowest BCUT2D eigenvalue weighted by Gasteiger charge is -2.62. The molecule has 2 heterocycles. The second-order valence-corrected chi connectivity index (χ2v) is 8.12. The first-order valence-electron chi connectivity index (χ1n) is 8.64. The number of nitrogens with zero attached hydrogens (tertiary/aromatic N) is 4. The lowest BCUT2D eigenvalue weighted by Crippen LogP contribution is -2.72. The number of halogens is 1. The molecular weight excluding hydrogens is 401 g/mol. The maximum absolute atomic E-state index is 4.97. The summed E-state index contributed by atoms with van der Waals surface area (Å²) in [7, 11) is 4.42. The Bertz CT molecular complexity index is 421. The Kier molecular flexibility index (Phi) is 7.17. The average Bonchev–Trinajstić information content (AvgIpc) is 2.44. The van der Waals surface area contributed by atoms with Crippen LogP contribution in [-0.2, 0) is 0 Å². The van der Waals surface area contributed by atoms with Crippen LogP contribution < -0.4 is 5.32 Å². The highest BCUT2D eigenvalue weighted by Crippen LogP contribution is 2.46. The Morgan fingerprint density at radius 1 is 1.17 bits per heavy atom. The molecule has 2 rings (SSSR count). The van der Waals surface area contributed by atoms with Gasteiger partial charge in [-0.2, -0.15) is 0 Å². The summed E-state index contributed by atoms with van der Waals surface area (Å²) in [6, 6.07) is 0.518. The van der Waals surface area contributed by atoms with Crippen molar-refractivity contribution in [1.29, 1.82) is 0 Å².